The molecule has 0 saturated heterocycles. The van der Waals surface area contributed by atoms with E-state index in [0.29, 0.717) is 12.1 Å². The summed E-state index contributed by atoms with van der Waals surface area (Å²) in [6.07, 6.45) is 1.75. The average Bonchev–Trinajstić information content (AvgIpc) is 3.57. The summed E-state index contributed by atoms with van der Waals surface area (Å²) < 4.78 is 2.36. The van der Waals surface area contributed by atoms with Gasteiger partial charge in [0.25, 0.3) is 0 Å². The minimum absolute atomic E-state index is 0.0366. The van der Waals surface area contributed by atoms with E-state index in [-0.39, 0.29) is 5.84 Å². The Morgan fingerprint density at radius 2 is 1.11 bits per heavy atom. The Bertz CT molecular complexity index is 2470. The molecule has 0 aliphatic carbocycles. The molecule has 5 heteroatoms. The Balaban J connectivity index is 0.000000949. The first-order chi connectivity index (χ1) is 26.5. The van der Waals surface area contributed by atoms with Crippen LogP contribution in [0.3, 0.4) is 0 Å². The van der Waals surface area contributed by atoms with Gasteiger partial charge in [-0.15, -0.1) is 6.58 Å². The number of fused-ring (bicyclic) bond motifs is 3. The van der Waals surface area contributed by atoms with Crippen molar-refractivity contribution in [3.05, 3.63) is 194 Å². The fourth-order valence-electron chi connectivity index (χ4n) is 6.79. The van der Waals surface area contributed by atoms with Crippen molar-refractivity contribution < 1.29 is 0 Å². The molecule has 1 heterocycles. The number of hydrogen-bond donors (Lipinski definition) is 3. The van der Waals surface area contributed by atoms with E-state index in [1.165, 1.54) is 10.9 Å². The van der Waals surface area contributed by atoms with Gasteiger partial charge in [0.2, 0.25) is 0 Å². The summed E-state index contributed by atoms with van der Waals surface area (Å²) in [5.74, 6) is 0.0366. The number of benzene rings is 7. The maximum atomic E-state index is 8.04. The van der Waals surface area contributed by atoms with Crippen LogP contribution < -0.4 is 16.5 Å². The molecule has 0 atom stereocenters. The van der Waals surface area contributed by atoms with Crippen molar-refractivity contribution in [2.45, 2.75) is 27.3 Å². The van der Waals surface area contributed by atoms with E-state index in [1.54, 1.807) is 6.08 Å². The molecule has 0 saturated carbocycles. The molecule has 8 aromatic rings. The van der Waals surface area contributed by atoms with Gasteiger partial charge >= 0.3 is 0 Å². The lowest BCUT2D eigenvalue weighted by molar-refractivity contribution is 0.885. The van der Waals surface area contributed by atoms with Crippen LogP contribution in [0.15, 0.2) is 183 Å². The van der Waals surface area contributed by atoms with Gasteiger partial charge in [-0.3, -0.25) is 5.41 Å². The molecule has 0 fully saturated rings. The minimum atomic E-state index is 0.0366. The van der Waals surface area contributed by atoms with Crippen molar-refractivity contribution in [1.29, 1.82) is 5.41 Å². The minimum Gasteiger partial charge on any atom is -0.384 e. The van der Waals surface area contributed by atoms with Crippen LogP contribution in [0, 0.1) is 5.41 Å². The van der Waals surface area contributed by atoms with Gasteiger partial charge in [0.15, 0.2) is 0 Å². The van der Waals surface area contributed by atoms with Crippen LogP contribution >= 0.6 is 0 Å². The zero-order valence-electron chi connectivity index (χ0n) is 31.2. The molecular weight excluding hydrogens is 659 g/mol. The molecule has 268 valence electrons. The highest BCUT2D eigenvalue weighted by molar-refractivity contribution is 6.20. The smallest absolute Gasteiger partial charge is 0.122 e. The summed E-state index contributed by atoms with van der Waals surface area (Å²) in [5, 5.41) is 12.6. The zero-order valence-corrected chi connectivity index (χ0v) is 31.2. The summed E-state index contributed by atoms with van der Waals surface area (Å²) in [5.41, 5.74) is 24.6. The number of anilines is 2. The van der Waals surface area contributed by atoms with Crippen LogP contribution in [0.2, 0.25) is 0 Å². The molecule has 0 amide bonds. The highest BCUT2D eigenvalue weighted by Crippen LogP contribution is 2.45. The average molecular weight is 706 g/mol. The topological polar surface area (TPSA) is 84.1 Å². The first kappa shape index (κ1) is 37.1. The molecular formula is C49H47N5. The van der Waals surface area contributed by atoms with Crippen LogP contribution in [0.25, 0.3) is 55.2 Å². The number of nitrogen functional groups attached to an aromatic ring is 1. The van der Waals surface area contributed by atoms with E-state index in [2.05, 4.69) is 162 Å². The fourth-order valence-corrected chi connectivity index (χ4v) is 6.79. The number of amidine groups is 1. The van der Waals surface area contributed by atoms with Gasteiger partial charge in [-0.1, -0.05) is 141 Å². The van der Waals surface area contributed by atoms with Gasteiger partial charge in [0, 0.05) is 28.4 Å². The van der Waals surface area contributed by atoms with Gasteiger partial charge in [0.1, 0.15) is 5.84 Å². The largest absolute Gasteiger partial charge is 0.384 e. The molecule has 5 N–H and O–H groups in total. The van der Waals surface area contributed by atoms with Gasteiger partial charge in [-0.05, 0) is 88.8 Å². The van der Waals surface area contributed by atoms with Crippen LogP contribution in [0.5, 0.6) is 0 Å². The third-order valence-corrected chi connectivity index (χ3v) is 9.20. The number of nitrogens with one attached hydrogen (secondary N) is 1. The lowest BCUT2D eigenvalue weighted by atomic mass is 9.94. The Kier molecular flexibility index (Phi) is 11.8. The second-order valence-corrected chi connectivity index (χ2v) is 12.6. The van der Waals surface area contributed by atoms with Crippen molar-refractivity contribution in [3.8, 4) is 33.4 Å². The molecule has 5 nitrogen and oxygen atoms in total. The fraction of sp³-hybridized carbons (Fsp3) is 0.0816. The van der Waals surface area contributed by atoms with Crippen molar-refractivity contribution in [2.24, 2.45) is 11.5 Å². The molecule has 0 aliphatic rings. The Morgan fingerprint density at radius 1 is 0.630 bits per heavy atom. The quantitative estimate of drug-likeness (QED) is 0.0836. The normalized spacial score (nSPS) is 10.5. The van der Waals surface area contributed by atoms with Crippen molar-refractivity contribution >= 4 is 39.0 Å². The highest BCUT2D eigenvalue weighted by Gasteiger charge is 2.25. The second-order valence-electron chi connectivity index (χ2n) is 12.6. The predicted molar refractivity (Wildman–Crippen MR) is 232 cm³/mol. The van der Waals surface area contributed by atoms with Crippen molar-refractivity contribution in [1.82, 2.24) is 4.68 Å². The standard InChI is InChI=1S/C44H35N5.C3H6.C2H6/c45-29-30-16-21-36(22-17-30)48(37-23-18-34(19-24-37)44(46)47)49-41-27-20-35(31-10-4-1-5-11-31)28-40(41)42-38(32-12-6-2-7-13-32)25-26-39(43(42)49)33-14-8-3-9-15-33;1-3-2;1-2/h1-28H,29,45H2,(H3,46,47);3H,1H2,2H3;1-2H3. The first-order valence-corrected chi connectivity index (χ1v) is 18.4. The van der Waals surface area contributed by atoms with E-state index < -0.39 is 0 Å². The maximum absolute atomic E-state index is 8.04. The summed E-state index contributed by atoms with van der Waals surface area (Å²) in [6, 6.07) is 59.4. The van der Waals surface area contributed by atoms with Crippen LogP contribution in [-0.4, -0.2) is 10.5 Å². The number of aromatic nitrogens is 1. The lowest BCUT2D eigenvalue weighted by Gasteiger charge is -2.29. The summed E-state index contributed by atoms with van der Waals surface area (Å²) in [6.45, 7) is 9.71. The number of nitrogens with zero attached hydrogens (tertiary/aromatic N) is 2. The molecule has 0 bridgehead atoms. The molecule has 0 radical (unpaired) electrons. The number of nitrogens with two attached hydrogens (primary N) is 2. The third kappa shape index (κ3) is 7.45. The maximum Gasteiger partial charge on any atom is 0.122 e. The van der Waals surface area contributed by atoms with Gasteiger partial charge in [0.05, 0.1) is 22.4 Å². The predicted octanol–water partition coefficient (Wildman–Crippen LogP) is 12.4. The summed E-state index contributed by atoms with van der Waals surface area (Å²) in [7, 11) is 0. The molecule has 0 spiro atoms. The van der Waals surface area contributed by atoms with Crippen LogP contribution in [0.1, 0.15) is 31.9 Å². The van der Waals surface area contributed by atoms with Crippen LogP contribution in [-0.2, 0) is 6.54 Å². The van der Waals surface area contributed by atoms with Crippen molar-refractivity contribution in [3.63, 3.8) is 0 Å². The van der Waals surface area contributed by atoms with E-state index in [1.807, 2.05) is 45.0 Å². The number of rotatable bonds is 8. The zero-order chi connectivity index (χ0) is 38.0. The SMILES string of the molecule is C=CC.CC.N=C(N)c1ccc(N(c2ccc(CN)cc2)n2c3ccc(-c4ccccc4)cc3c3c(-c4ccccc4)ccc(-c4ccccc4)c32)cc1. The van der Waals surface area contributed by atoms with E-state index in [9.17, 15) is 0 Å². The Labute approximate surface area is 318 Å². The first-order valence-electron chi connectivity index (χ1n) is 18.4. The Hall–Kier alpha value is -6.69. The number of allylic oxidation sites excluding steroid dienone is 1. The molecule has 0 aliphatic heterocycles. The number of hydrogen-bond acceptors (Lipinski definition) is 3. The summed E-state index contributed by atoms with van der Waals surface area (Å²) in [4.78, 5) is 0. The molecule has 0 unspecified atom stereocenters. The molecule has 7 aromatic carbocycles. The van der Waals surface area contributed by atoms with Crippen LogP contribution in [0.4, 0.5) is 11.4 Å². The van der Waals surface area contributed by atoms with Gasteiger partial charge < -0.3 is 11.5 Å². The molecule has 8 rings (SSSR count). The summed E-state index contributed by atoms with van der Waals surface area (Å²) >= 11 is 0. The van der Waals surface area contributed by atoms with E-state index in [0.717, 1.165) is 61.2 Å². The van der Waals surface area contributed by atoms with E-state index >= 15 is 0 Å². The molecule has 1 aromatic heterocycles. The monoisotopic (exact) mass is 705 g/mol. The van der Waals surface area contributed by atoms with Gasteiger partial charge in [-0.25, -0.2) is 9.69 Å². The lowest BCUT2D eigenvalue weighted by Crippen LogP contribution is -2.24. The van der Waals surface area contributed by atoms with E-state index in [4.69, 9.17) is 16.9 Å². The second kappa shape index (κ2) is 17.2. The van der Waals surface area contributed by atoms with Gasteiger partial charge in [-0.2, -0.15) is 0 Å². The Morgan fingerprint density at radius 3 is 1.63 bits per heavy atom. The van der Waals surface area contributed by atoms with Crippen molar-refractivity contribution in [2.75, 3.05) is 5.01 Å². The molecule has 54 heavy (non-hydrogen) atoms. The highest BCUT2D eigenvalue weighted by atomic mass is 15.6. The third-order valence-electron chi connectivity index (χ3n) is 9.20.